The fourth-order valence-electron chi connectivity index (χ4n) is 7.32. The SMILES string of the molecule is CC1C[C@H]2[C@@H]3C(O)CC4CC(O)CC[C@]4(C)[C@@H]3CC[C@]2(C)C1=O. The van der Waals surface area contributed by atoms with Crippen LogP contribution in [0.4, 0.5) is 0 Å². The quantitative estimate of drug-likeness (QED) is 0.721. The minimum absolute atomic E-state index is 0.162. The van der Waals surface area contributed by atoms with Crippen LogP contribution >= 0.6 is 0 Å². The molecule has 4 fully saturated rings. The van der Waals surface area contributed by atoms with E-state index in [1.807, 2.05) is 0 Å². The van der Waals surface area contributed by atoms with Crippen molar-refractivity contribution in [1.82, 2.24) is 0 Å². The summed E-state index contributed by atoms with van der Waals surface area (Å²) in [5.74, 6) is 2.23. The zero-order valence-electron chi connectivity index (χ0n) is 14.8. The van der Waals surface area contributed by atoms with E-state index in [2.05, 4.69) is 20.8 Å². The summed E-state index contributed by atoms with van der Waals surface area (Å²) in [6.45, 7) is 6.67. The molecule has 0 aromatic heterocycles. The molecular weight excluding hydrogens is 288 g/mol. The second-order valence-electron chi connectivity index (χ2n) is 9.68. The summed E-state index contributed by atoms with van der Waals surface area (Å²) in [6.07, 6.45) is 6.25. The lowest BCUT2D eigenvalue weighted by Crippen LogP contribution is -2.58. The molecule has 0 bridgehead atoms. The average molecular weight is 320 g/mol. The van der Waals surface area contributed by atoms with E-state index < -0.39 is 0 Å². The predicted molar refractivity (Wildman–Crippen MR) is 88.7 cm³/mol. The summed E-state index contributed by atoms with van der Waals surface area (Å²) in [4.78, 5) is 12.7. The lowest BCUT2D eigenvalue weighted by molar-refractivity contribution is -0.171. The van der Waals surface area contributed by atoms with Crippen LogP contribution in [0, 0.1) is 40.4 Å². The van der Waals surface area contributed by atoms with Crippen LogP contribution in [0.2, 0.25) is 0 Å². The molecule has 4 unspecified atom stereocenters. The van der Waals surface area contributed by atoms with Gasteiger partial charge in [0.2, 0.25) is 0 Å². The second-order valence-corrected chi connectivity index (χ2v) is 9.68. The average Bonchev–Trinajstić information content (AvgIpc) is 2.73. The fourth-order valence-corrected chi connectivity index (χ4v) is 7.32. The molecule has 3 nitrogen and oxygen atoms in total. The van der Waals surface area contributed by atoms with Gasteiger partial charge in [0.15, 0.2) is 0 Å². The molecule has 130 valence electrons. The number of rotatable bonds is 0. The number of carbonyl (C=O) groups excluding carboxylic acids is 1. The Morgan fingerprint density at radius 3 is 2.48 bits per heavy atom. The molecule has 0 radical (unpaired) electrons. The van der Waals surface area contributed by atoms with Gasteiger partial charge < -0.3 is 10.2 Å². The number of Topliss-reactive ketones (excluding diaryl/α,β-unsaturated/α-hetero) is 1. The van der Waals surface area contributed by atoms with E-state index in [1.54, 1.807) is 0 Å². The molecule has 0 aliphatic heterocycles. The molecule has 4 aliphatic carbocycles. The van der Waals surface area contributed by atoms with Crippen molar-refractivity contribution in [3.63, 3.8) is 0 Å². The highest BCUT2D eigenvalue weighted by atomic mass is 16.3. The lowest BCUT2D eigenvalue weighted by atomic mass is 9.44. The van der Waals surface area contributed by atoms with Gasteiger partial charge in [0.05, 0.1) is 12.2 Å². The van der Waals surface area contributed by atoms with Crippen molar-refractivity contribution < 1.29 is 15.0 Å². The minimum Gasteiger partial charge on any atom is -0.393 e. The fraction of sp³-hybridized carbons (Fsp3) is 0.950. The Labute approximate surface area is 139 Å². The van der Waals surface area contributed by atoms with Crippen molar-refractivity contribution >= 4 is 5.78 Å². The first-order chi connectivity index (χ1) is 10.8. The van der Waals surface area contributed by atoms with Crippen LogP contribution in [-0.4, -0.2) is 28.2 Å². The van der Waals surface area contributed by atoms with Crippen LogP contribution in [0.15, 0.2) is 0 Å². The molecule has 0 heterocycles. The Balaban J connectivity index is 1.69. The van der Waals surface area contributed by atoms with Crippen molar-refractivity contribution in [2.75, 3.05) is 0 Å². The molecule has 2 N–H and O–H groups in total. The van der Waals surface area contributed by atoms with Gasteiger partial charge in [-0.05, 0) is 74.0 Å². The van der Waals surface area contributed by atoms with Crippen molar-refractivity contribution in [2.45, 2.75) is 77.9 Å². The van der Waals surface area contributed by atoms with E-state index >= 15 is 0 Å². The summed E-state index contributed by atoms with van der Waals surface area (Å²) in [7, 11) is 0. The topological polar surface area (TPSA) is 57.5 Å². The molecule has 4 rings (SSSR count). The summed E-state index contributed by atoms with van der Waals surface area (Å²) >= 11 is 0. The Morgan fingerprint density at radius 2 is 1.74 bits per heavy atom. The maximum atomic E-state index is 12.7. The maximum absolute atomic E-state index is 12.7. The standard InChI is InChI=1S/C20H32O3/c1-11-8-15-17-14(5-7-20(15,3)18(11)23)19(2)6-4-13(21)9-12(19)10-16(17)22/h11-17,21-22H,4-10H2,1-3H3/t11?,12?,13?,14-,15+,16?,17-,19+,20+/m1/s1. The highest BCUT2D eigenvalue weighted by molar-refractivity contribution is 5.89. The van der Waals surface area contributed by atoms with E-state index in [1.165, 1.54) is 0 Å². The zero-order valence-corrected chi connectivity index (χ0v) is 14.8. The minimum atomic E-state index is -0.286. The third-order valence-electron chi connectivity index (χ3n) is 8.66. The Morgan fingerprint density at radius 1 is 1.00 bits per heavy atom. The number of aliphatic hydroxyl groups excluding tert-OH is 2. The van der Waals surface area contributed by atoms with Gasteiger partial charge >= 0.3 is 0 Å². The number of aliphatic hydroxyl groups is 2. The zero-order chi connectivity index (χ0) is 16.6. The van der Waals surface area contributed by atoms with Gasteiger partial charge in [-0.25, -0.2) is 0 Å². The van der Waals surface area contributed by atoms with Crippen molar-refractivity contribution in [1.29, 1.82) is 0 Å². The first kappa shape index (κ1) is 16.1. The Kier molecular flexibility index (Phi) is 3.53. The number of ketones is 1. The third-order valence-corrected chi connectivity index (χ3v) is 8.66. The van der Waals surface area contributed by atoms with Gasteiger partial charge in [0, 0.05) is 11.3 Å². The highest BCUT2D eigenvalue weighted by Gasteiger charge is 2.63. The lowest BCUT2D eigenvalue weighted by Gasteiger charge is -2.61. The van der Waals surface area contributed by atoms with Crippen LogP contribution in [0.5, 0.6) is 0 Å². The molecule has 0 aromatic rings. The van der Waals surface area contributed by atoms with E-state index in [0.29, 0.717) is 29.5 Å². The molecule has 0 aromatic carbocycles. The third kappa shape index (κ3) is 2.05. The molecule has 9 atom stereocenters. The van der Waals surface area contributed by atoms with Gasteiger partial charge in [-0.1, -0.05) is 20.8 Å². The van der Waals surface area contributed by atoms with Crippen LogP contribution in [0.1, 0.15) is 65.7 Å². The van der Waals surface area contributed by atoms with Crippen LogP contribution in [0.3, 0.4) is 0 Å². The van der Waals surface area contributed by atoms with E-state index in [4.69, 9.17) is 0 Å². The summed E-state index contributed by atoms with van der Waals surface area (Å²) in [6, 6.07) is 0. The second kappa shape index (κ2) is 5.05. The molecule has 0 saturated heterocycles. The normalized spacial score (nSPS) is 59.2. The number of carbonyl (C=O) groups is 1. The summed E-state index contributed by atoms with van der Waals surface area (Å²) in [5, 5.41) is 21.1. The number of hydrogen-bond acceptors (Lipinski definition) is 3. The molecule has 0 spiro atoms. The van der Waals surface area contributed by atoms with Gasteiger partial charge in [0.25, 0.3) is 0 Å². The Bertz CT molecular complexity index is 517. The molecule has 3 heteroatoms. The van der Waals surface area contributed by atoms with Crippen molar-refractivity contribution in [2.24, 2.45) is 40.4 Å². The maximum Gasteiger partial charge on any atom is 0.141 e. The van der Waals surface area contributed by atoms with Crippen LogP contribution in [-0.2, 0) is 4.79 Å². The largest absolute Gasteiger partial charge is 0.393 e. The smallest absolute Gasteiger partial charge is 0.141 e. The van der Waals surface area contributed by atoms with Crippen LogP contribution in [0.25, 0.3) is 0 Å². The molecule has 0 amide bonds. The summed E-state index contributed by atoms with van der Waals surface area (Å²) < 4.78 is 0. The van der Waals surface area contributed by atoms with Crippen molar-refractivity contribution in [3.8, 4) is 0 Å². The number of fused-ring (bicyclic) bond motifs is 5. The number of hydrogen-bond donors (Lipinski definition) is 2. The molecule has 4 aliphatic rings. The van der Waals surface area contributed by atoms with Gasteiger partial charge in [-0.3, -0.25) is 4.79 Å². The predicted octanol–water partition coefficient (Wildman–Crippen LogP) is 3.18. The molecule has 4 saturated carbocycles. The molecular formula is C20H32O3. The van der Waals surface area contributed by atoms with Gasteiger partial charge in [0.1, 0.15) is 5.78 Å². The highest BCUT2D eigenvalue weighted by Crippen LogP contribution is 2.66. The summed E-state index contributed by atoms with van der Waals surface area (Å²) in [5.41, 5.74) is 0.0538. The molecule has 23 heavy (non-hydrogen) atoms. The van der Waals surface area contributed by atoms with E-state index in [-0.39, 0.29) is 29.0 Å². The first-order valence-corrected chi connectivity index (χ1v) is 9.68. The van der Waals surface area contributed by atoms with Crippen molar-refractivity contribution in [3.05, 3.63) is 0 Å². The van der Waals surface area contributed by atoms with Crippen LogP contribution < -0.4 is 0 Å². The van der Waals surface area contributed by atoms with Gasteiger partial charge in [-0.15, -0.1) is 0 Å². The first-order valence-electron chi connectivity index (χ1n) is 9.68. The monoisotopic (exact) mass is 320 g/mol. The van der Waals surface area contributed by atoms with Gasteiger partial charge in [-0.2, -0.15) is 0 Å². The Hall–Kier alpha value is -0.410. The van der Waals surface area contributed by atoms with E-state index in [0.717, 1.165) is 44.9 Å². The van der Waals surface area contributed by atoms with E-state index in [9.17, 15) is 15.0 Å².